The van der Waals surface area contributed by atoms with E-state index in [0.717, 1.165) is 44.5 Å². The molecule has 1 saturated heterocycles. The number of rotatable bonds is 4. The first-order valence-electron chi connectivity index (χ1n) is 9.88. The molecule has 1 fully saturated rings. The Morgan fingerprint density at radius 2 is 1.89 bits per heavy atom. The quantitative estimate of drug-likeness (QED) is 0.653. The lowest BCUT2D eigenvalue weighted by molar-refractivity contribution is 0.372. The Hall–Kier alpha value is -2.76. The zero-order valence-corrected chi connectivity index (χ0v) is 17.7. The smallest absolute Gasteiger partial charge is 0.194 e. The largest absolute Gasteiger partial charge is 0.368 e. The minimum absolute atomic E-state index is 0.743. The van der Waals surface area contributed by atoms with Crippen molar-refractivity contribution in [1.82, 2.24) is 15.2 Å². The van der Waals surface area contributed by atoms with E-state index in [4.69, 9.17) is 0 Å². The van der Waals surface area contributed by atoms with Gasteiger partial charge in [0.25, 0.3) is 0 Å². The van der Waals surface area contributed by atoms with Gasteiger partial charge in [-0.05, 0) is 48.7 Å². The van der Waals surface area contributed by atoms with Crippen molar-refractivity contribution >= 4 is 17.5 Å². The highest BCUT2D eigenvalue weighted by Gasteiger charge is 2.21. The number of anilines is 2. The zero-order chi connectivity index (χ0) is 20.1. The van der Waals surface area contributed by atoms with Crippen LogP contribution in [0.25, 0.3) is 0 Å². The summed E-state index contributed by atoms with van der Waals surface area (Å²) in [5, 5.41) is 3.51. The molecule has 0 unspecified atom stereocenters. The van der Waals surface area contributed by atoms with Crippen molar-refractivity contribution in [3.8, 4) is 0 Å². The van der Waals surface area contributed by atoms with Gasteiger partial charge in [-0.2, -0.15) is 0 Å². The summed E-state index contributed by atoms with van der Waals surface area (Å²) in [7, 11) is 5.87. The SMILES string of the molecule is CN=C(NCc1ccnc(N(C)C)c1)N1CCN(c2cccc(C)c2C)CC1. The molecule has 28 heavy (non-hydrogen) atoms. The van der Waals surface area contributed by atoms with Gasteiger partial charge in [0.2, 0.25) is 0 Å². The lowest BCUT2D eigenvalue weighted by Crippen LogP contribution is -2.52. The van der Waals surface area contributed by atoms with Crippen LogP contribution in [0, 0.1) is 13.8 Å². The van der Waals surface area contributed by atoms with Crippen LogP contribution in [0.4, 0.5) is 11.5 Å². The van der Waals surface area contributed by atoms with E-state index in [9.17, 15) is 0 Å². The van der Waals surface area contributed by atoms with E-state index in [2.05, 4.69) is 63.2 Å². The Labute approximate surface area is 168 Å². The first kappa shape index (κ1) is 20.0. The van der Waals surface area contributed by atoms with Crippen molar-refractivity contribution in [2.24, 2.45) is 4.99 Å². The van der Waals surface area contributed by atoms with Gasteiger partial charge in [0.15, 0.2) is 5.96 Å². The highest BCUT2D eigenvalue weighted by Crippen LogP contribution is 2.23. The summed E-state index contributed by atoms with van der Waals surface area (Å²) in [6.45, 7) is 9.08. The monoisotopic (exact) mass is 380 g/mol. The average Bonchev–Trinajstić information content (AvgIpc) is 2.71. The van der Waals surface area contributed by atoms with Crippen LogP contribution in [-0.4, -0.2) is 63.2 Å². The number of aryl methyl sites for hydroxylation is 1. The van der Waals surface area contributed by atoms with Gasteiger partial charge in [-0.3, -0.25) is 4.99 Å². The Bertz CT molecular complexity index is 822. The fourth-order valence-corrected chi connectivity index (χ4v) is 3.57. The second kappa shape index (κ2) is 8.95. The minimum atomic E-state index is 0.743. The predicted molar refractivity (Wildman–Crippen MR) is 118 cm³/mol. The van der Waals surface area contributed by atoms with Crippen molar-refractivity contribution in [3.63, 3.8) is 0 Å². The lowest BCUT2D eigenvalue weighted by atomic mass is 10.1. The summed E-state index contributed by atoms with van der Waals surface area (Å²) in [5.74, 6) is 1.93. The molecule has 2 aromatic rings. The van der Waals surface area contributed by atoms with Gasteiger partial charge in [0.1, 0.15) is 5.82 Å². The number of hydrogen-bond donors (Lipinski definition) is 1. The Balaban J connectivity index is 1.58. The predicted octanol–water partition coefficient (Wildman–Crippen LogP) is 2.66. The third-order valence-electron chi connectivity index (χ3n) is 5.43. The van der Waals surface area contributed by atoms with E-state index in [1.165, 1.54) is 22.4 Å². The van der Waals surface area contributed by atoms with Crippen LogP contribution in [0.5, 0.6) is 0 Å². The third-order valence-corrected chi connectivity index (χ3v) is 5.43. The van der Waals surface area contributed by atoms with Crippen LogP contribution < -0.4 is 15.1 Å². The molecule has 2 heterocycles. The van der Waals surface area contributed by atoms with Gasteiger partial charge in [0, 0.05) is 65.8 Å². The molecule has 150 valence electrons. The maximum atomic E-state index is 4.50. The van der Waals surface area contributed by atoms with Gasteiger partial charge in [-0.25, -0.2) is 4.98 Å². The number of benzene rings is 1. The average molecular weight is 381 g/mol. The molecule has 1 aromatic carbocycles. The lowest BCUT2D eigenvalue weighted by Gasteiger charge is -2.38. The molecule has 0 radical (unpaired) electrons. The molecule has 6 heteroatoms. The summed E-state index contributed by atoms with van der Waals surface area (Å²) in [6.07, 6.45) is 1.86. The molecule has 0 saturated carbocycles. The maximum Gasteiger partial charge on any atom is 0.194 e. The van der Waals surface area contributed by atoms with Crippen LogP contribution in [0.3, 0.4) is 0 Å². The fraction of sp³-hybridized carbons (Fsp3) is 0.455. The molecule has 1 N–H and O–H groups in total. The topological polar surface area (TPSA) is 47.0 Å². The van der Waals surface area contributed by atoms with Crippen LogP contribution in [-0.2, 0) is 6.54 Å². The minimum Gasteiger partial charge on any atom is -0.368 e. The molecular formula is C22H32N6. The zero-order valence-electron chi connectivity index (χ0n) is 17.7. The molecule has 0 aliphatic carbocycles. The van der Waals surface area contributed by atoms with E-state index in [-0.39, 0.29) is 0 Å². The van der Waals surface area contributed by atoms with Gasteiger partial charge in [-0.15, -0.1) is 0 Å². The Kier molecular flexibility index (Phi) is 6.39. The molecule has 6 nitrogen and oxygen atoms in total. The number of guanidine groups is 1. The summed E-state index contributed by atoms with van der Waals surface area (Å²) >= 11 is 0. The number of piperazine rings is 1. The third kappa shape index (κ3) is 4.55. The van der Waals surface area contributed by atoms with Crippen LogP contribution in [0.15, 0.2) is 41.5 Å². The Morgan fingerprint density at radius 1 is 1.14 bits per heavy atom. The van der Waals surface area contributed by atoms with Gasteiger partial charge in [0.05, 0.1) is 0 Å². The normalized spacial score (nSPS) is 15.0. The van der Waals surface area contributed by atoms with Crippen molar-refractivity contribution in [2.45, 2.75) is 20.4 Å². The summed E-state index contributed by atoms with van der Waals surface area (Å²) < 4.78 is 0. The number of hydrogen-bond acceptors (Lipinski definition) is 4. The van der Waals surface area contributed by atoms with E-state index < -0.39 is 0 Å². The summed E-state index contributed by atoms with van der Waals surface area (Å²) in [4.78, 5) is 15.7. The molecule has 1 aromatic heterocycles. The van der Waals surface area contributed by atoms with Crippen molar-refractivity contribution in [1.29, 1.82) is 0 Å². The van der Waals surface area contributed by atoms with Crippen LogP contribution in [0.2, 0.25) is 0 Å². The first-order valence-corrected chi connectivity index (χ1v) is 9.88. The highest BCUT2D eigenvalue weighted by atomic mass is 15.3. The highest BCUT2D eigenvalue weighted by molar-refractivity contribution is 5.80. The molecule has 0 bridgehead atoms. The number of nitrogens with one attached hydrogen (secondary N) is 1. The molecule has 0 atom stereocenters. The summed E-state index contributed by atoms with van der Waals surface area (Å²) in [5.41, 5.74) is 5.30. The van der Waals surface area contributed by atoms with E-state index in [1.54, 1.807) is 0 Å². The second-order valence-electron chi connectivity index (χ2n) is 7.51. The van der Waals surface area contributed by atoms with Crippen LogP contribution >= 0.6 is 0 Å². The standard InChI is InChI=1S/C22H32N6/c1-17-7-6-8-20(18(17)2)27-11-13-28(14-12-27)22(23-3)25-16-19-9-10-24-21(15-19)26(4)5/h6-10,15H,11-14,16H2,1-5H3,(H,23,25). The first-order chi connectivity index (χ1) is 13.5. The van der Waals surface area contributed by atoms with Gasteiger partial charge < -0.3 is 20.0 Å². The fourth-order valence-electron chi connectivity index (χ4n) is 3.57. The molecule has 1 aliphatic heterocycles. The van der Waals surface area contributed by atoms with Crippen LogP contribution in [0.1, 0.15) is 16.7 Å². The molecule has 3 rings (SSSR count). The molecular weight excluding hydrogens is 348 g/mol. The van der Waals surface area contributed by atoms with Crippen molar-refractivity contribution in [2.75, 3.05) is 57.1 Å². The van der Waals surface area contributed by atoms with Gasteiger partial charge in [-0.1, -0.05) is 12.1 Å². The summed E-state index contributed by atoms with van der Waals surface area (Å²) in [6, 6.07) is 10.7. The molecule has 0 amide bonds. The number of nitrogens with zero attached hydrogens (tertiary/aromatic N) is 5. The van der Waals surface area contributed by atoms with Crippen molar-refractivity contribution < 1.29 is 0 Å². The van der Waals surface area contributed by atoms with E-state index >= 15 is 0 Å². The number of aliphatic imine (C=N–C) groups is 1. The number of aromatic nitrogens is 1. The van der Waals surface area contributed by atoms with E-state index in [1.807, 2.05) is 38.3 Å². The molecule has 0 spiro atoms. The Morgan fingerprint density at radius 3 is 2.57 bits per heavy atom. The van der Waals surface area contributed by atoms with Crippen molar-refractivity contribution in [3.05, 3.63) is 53.2 Å². The maximum absolute atomic E-state index is 4.50. The van der Waals surface area contributed by atoms with E-state index in [0.29, 0.717) is 0 Å². The number of pyridine rings is 1. The second-order valence-corrected chi connectivity index (χ2v) is 7.51. The van der Waals surface area contributed by atoms with Gasteiger partial charge >= 0.3 is 0 Å². The molecule has 1 aliphatic rings.